The number of hydrogen-bond donors (Lipinski definition) is 0. The van der Waals surface area contributed by atoms with Crippen LogP contribution in [0, 0.1) is 6.92 Å². The smallest absolute Gasteiger partial charge is 0.0615 e. The molecule has 0 aromatic heterocycles. The van der Waals surface area contributed by atoms with Crippen molar-refractivity contribution in [2.75, 3.05) is 19.3 Å². The molecule has 1 saturated heterocycles. The van der Waals surface area contributed by atoms with Crippen LogP contribution in [0.3, 0.4) is 0 Å². The van der Waals surface area contributed by atoms with Crippen molar-refractivity contribution in [1.82, 2.24) is 4.90 Å². The van der Waals surface area contributed by atoms with Gasteiger partial charge in [-0.1, -0.05) is 48.9 Å². The van der Waals surface area contributed by atoms with Crippen molar-refractivity contribution in [3.63, 3.8) is 0 Å². The van der Waals surface area contributed by atoms with Crippen molar-refractivity contribution in [3.05, 3.63) is 65.2 Å². The fraction of sp³-hybridized carbons (Fsp3) is 0.400. The lowest BCUT2D eigenvalue weighted by Gasteiger charge is -2.36. The van der Waals surface area contributed by atoms with Gasteiger partial charge in [0.2, 0.25) is 0 Å². The van der Waals surface area contributed by atoms with E-state index in [9.17, 15) is 0 Å². The zero-order valence-corrected chi connectivity index (χ0v) is 14.4. The molecule has 1 unspecified atom stereocenters. The molecule has 0 radical (unpaired) electrons. The molecule has 2 heteroatoms. The fourth-order valence-corrected chi connectivity index (χ4v) is 4.15. The van der Waals surface area contributed by atoms with E-state index in [-0.39, 0.29) is 0 Å². The van der Waals surface area contributed by atoms with Crippen molar-refractivity contribution in [1.29, 1.82) is 0 Å². The van der Waals surface area contributed by atoms with Gasteiger partial charge in [0.15, 0.2) is 0 Å². The molecule has 3 rings (SSSR count). The third-order valence-electron chi connectivity index (χ3n) is 4.67. The van der Waals surface area contributed by atoms with Crippen LogP contribution in [0.5, 0.6) is 0 Å². The molecule has 0 N–H and O–H groups in total. The highest BCUT2D eigenvalue weighted by Crippen LogP contribution is 2.37. The van der Waals surface area contributed by atoms with E-state index in [1.165, 1.54) is 53.9 Å². The molecule has 0 aliphatic carbocycles. The monoisotopic (exact) mass is 311 g/mol. The summed E-state index contributed by atoms with van der Waals surface area (Å²) >= 11 is 1.86. The number of piperidine rings is 1. The Morgan fingerprint density at radius 2 is 1.50 bits per heavy atom. The summed E-state index contributed by atoms with van der Waals surface area (Å²) in [5.41, 5.74) is 4.33. The molecule has 0 amide bonds. The van der Waals surface area contributed by atoms with E-state index >= 15 is 0 Å². The lowest BCUT2D eigenvalue weighted by atomic mass is 9.92. The molecule has 1 fully saturated rings. The molecule has 2 aromatic rings. The van der Waals surface area contributed by atoms with E-state index in [0.29, 0.717) is 6.04 Å². The second-order valence-electron chi connectivity index (χ2n) is 6.10. The quantitative estimate of drug-likeness (QED) is 0.706. The van der Waals surface area contributed by atoms with Crippen molar-refractivity contribution >= 4 is 11.8 Å². The summed E-state index contributed by atoms with van der Waals surface area (Å²) in [7, 11) is 0. The number of rotatable bonds is 4. The average Bonchev–Trinajstić information content (AvgIpc) is 2.58. The minimum absolute atomic E-state index is 0.394. The van der Waals surface area contributed by atoms with E-state index in [0.717, 1.165) is 0 Å². The van der Waals surface area contributed by atoms with Crippen LogP contribution in [0.4, 0.5) is 0 Å². The standard InChI is InChI=1S/C20H25NS/c1-16-10-4-5-11-17(16)20(21-14-8-3-9-15-21)18-12-6-7-13-19(18)22-2/h4-7,10-13,20H,3,8-9,14-15H2,1-2H3. The molecule has 1 nitrogen and oxygen atoms in total. The largest absolute Gasteiger partial charge is 0.292 e. The second kappa shape index (κ2) is 7.34. The van der Waals surface area contributed by atoms with Crippen LogP contribution in [0.15, 0.2) is 53.4 Å². The van der Waals surface area contributed by atoms with Crippen LogP contribution in [0.1, 0.15) is 42.0 Å². The summed E-state index contributed by atoms with van der Waals surface area (Å²) in [5, 5.41) is 0. The zero-order valence-electron chi connectivity index (χ0n) is 13.6. The molecule has 22 heavy (non-hydrogen) atoms. The first kappa shape index (κ1) is 15.6. The molecule has 1 atom stereocenters. The number of nitrogens with zero attached hydrogens (tertiary/aromatic N) is 1. The Hall–Kier alpha value is -1.25. The molecule has 1 aliphatic heterocycles. The summed E-state index contributed by atoms with van der Waals surface area (Å²) < 4.78 is 0. The van der Waals surface area contributed by atoms with E-state index in [1.807, 2.05) is 11.8 Å². The van der Waals surface area contributed by atoms with Crippen molar-refractivity contribution < 1.29 is 0 Å². The van der Waals surface area contributed by atoms with Gasteiger partial charge in [-0.15, -0.1) is 11.8 Å². The van der Waals surface area contributed by atoms with E-state index in [2.05, 4.69) is 66.6 Å². The molecule has 116 valence electrons. The predicted molar refractivity (Wildman–Crippen MR) is 96.7 cm³/mol. The first-order chi connectivity index (χ1) is 10.8. The highest BCUT2D eigenvalue weighted by molar-refractivity contribution is 7.98. The normalized spacial score (nSPS) is 17.4. The lowest BCUT2D eigenvalue weighted by molar-refractivity contribution is 0.185. The number of likely N-dealkylation sites (tertiary alicyclic amines) is 1. The summed E-state index contributed by atoms with van der Waals surface area (Å²) in [5.74, 6) is 0. The number of aryl methyl sites for hydroxylation is 1. The summed E-state index contributed by atoms with van der Waals surface area (Å²) in [4.78, 5) is 4.09. The minimum Gasteiger partial charge on any atom is -0.292 e. The van der Waals surface area contributed by atoms with Gasteiger partial charge in [-0.25, -0.2) is 0 Å². The summed E-state index contributed by atoms with van der Waals surface area (Å²) in [6, 6.07) is 18.2. The Balaban J connectivity index is 2.08. The number of benzene rings is 2. The van der Waals surface area contributed by atoms with Gasteiger partial charge in [-0.3, -0.25) is 4.90 Å². The Bertz CT molecular complexity index is 617. The Labute approximate surface area is 138 Å². The van der Waals surface area contributed by atoms with Gasteiger partial charge in [0.1, 0.15) is 0 Å². The predicted octanol–water partition coefficient (Wildman–Crippen LogP) is 5.29. The lowest BCUT2D eigenvalue weighted by Crippen LogP contribution is -2.35. The number of thioether (sulfide) groups is 1. The fourth-order valence-electron chi connectivity index (χ4n) is 3.52. The van der Waals surface area contributed by atoms with Crippen molar-refractivity contribution in [2.45, 2.75) is 37.1 Å². The van der Waals surface area contributed by atoms with Crippen LogP contribution < -0.4 is 0 Å². The van der Waals surface area contributed by atoms with E-state index in [4.69, 9.17) is 0 Å². The topological polar surface area (TPSA) is 3.24 Å². The molecular formula is C20H25NS. The zero-order chi connectivity index (χ0) is 15.4. The molecular weight excluding hydrogens is 286 g/mol. The Kier molecular flexibility index (Phi) is 5.22. The third-order valence-corrected chi connectivity index (χ3v) is 5.48. The first-order valence-electron chi connectivity index (χ1n) is 8.24. The molecule has 1 heterocycles. The molecule has 2 aromatic carbocycles. The van der Waals surface area contributed by atoms with Crippen LogP contribution in [-0.2, 0) is 0 Å². The maximum absolute atomic E-state index is 2.68. The maximum Gasteiger partial charge on any atom is 0.0615 e. The van der Waals surface area contributed by atoms with Gasteiger partial charge in [0.25, 0.3) is 0 Å². The highest BCUT2D eigenvalue weighted by Gasteiger charge is 2.26. The van der Waals surface area contributed by atoms with Crippen LogP contribution in [0.25, 0.3) is 0 Å². The Morgan fingerprint density at radius 1 is 0.864 bits per heavy atom. The van der Waals surface area contributed by atoms with Gasteiger partial charge in [-0.2, -0.15) is 0 Å². The van der Waals surface area contributed by atoms with Crippen LogP contribution in [0.2, 0.25) is 0 Å². The average molecular weight is 311 g/mol. The molecule has 0 saturated carbocycles. The van der Waals surface area contributed by atoms with Crippen molar-refractivity contribution in [3.8, 4) is 0 Å². The van der Waals surface area contributed by atoms with Gasteiger partial charge < -0.3 is 0 Å². The van der Waals surface area contributed by atoms with E-state index in [1.54, 1.807) is 0 Å². The molecule has 0 spiro atoms. The van der Waals surface area contributed by atoms with Gasteiger partial charge in [-0.05, 0) is 61.9 Å². The van der Waals surface area contributed by atoms with Crippen molar-refractivity contribution in [2.24, 2.45) is 0 Å². The SMILES string of the molecule is CSc1ccccc1C(c1ccccc1C)N1CCCCC1. The first-order valence-corrected chi connectivity index (χ1v) is 9.46. The van der Waals surface area contributed by atoms with Gasteiger partial charge >= 0.3 is 0 Å². The summed E-state index contributed by atoms with van der Waals surface area (Å²) in [6.07, 6.45) is 6.21. The second-order valence-corrected chi connectivity index (χ2v) is 6.95. The molecule has 0 bridgehead atoms. The maximum atomic E-state index is 2.68. The highest BCUT2D eigenvalue weighted by atomic mass is 32.2. The van der Waals surface area contributed by atoms with Crippen LogP contribution >= 0.6 is 11.8 Å². The summed E-state index contributed by atoms with van der Waals surface area (Å²) in [6.45, 7) is 4.66. The Morgan fingerprint density at radius 3 is 2.18 bits per heavy atom. The number of hydrogen-bond acceptors (Lipinski definition) is 2. The minimum atomic E-state index is 0.394. The third kappa shape index (κ3) is 3.23. The van der Waals surface area contributed by atoms with E-state index < -0.39 is 0 Å². The van der Waals surface area contributed by atoms with Crippen LogP contribution in [-0.4, -0.2) is 24.2 Å². The molecule has 1 aliphatic rings. The van der Waals surface area contributed by atoms with Gasteiger partial charge in [0.05, 0.1) is 6.04 Å². The van der Waals surface area contributed by atoms with Gasteiger partial charge in [0, 0.05) is 4.90 Å².